The lowest BCUT2D eigenvalue weighted by molar-refractivity contribution is -0.160. The molecule has 0 amide bonds. The predicted molar refractivity (Wildman–Crippen MR) is 132 cm³/mol. The fraction of sp³-hybridized carbons (Fsp3) is 0.481. The highest BCUT2D eigenvalue weighted by atomic mass is 16.6. The Balaban J connectivity index is 1.73. The topological polar surface area (TPSA) is 65.1 Å². The van der Waals surface area contributed by atoms with Crippen LogP contribution in [0.15, 0.2) is 48.5 Å². The van der Waals surface area contributed by atoms with Gasteiger partial charge in [-0.15, -0.1) is 0 Å². The van der Waals surface area contributed by atoms with Crippen molar-refractivity contribution < 1.29 is 23.8 Å². The summed E-state index contributed by atoms with van der Waals surface area (Å²) in [6.45, 7) is 10.4. The van der Waals surface area contributed by atoms with Crippen LogP contribution in [-0.2, 0) is 19.1 Å². The predicted octanol–water partition coefficient (Wildman–Crippen LogP) is 5.28. The molecule has 0 unspecified atom stereocenters. The molecular formula is C27H37NO5. The minimum atomic E-state index is -0.551. The Morgan fingerprint density at radius 3 is 1.97 bits per heavy atom. The first-order valence-electron chi connectivity index (χ1n) is 11.3. The number of carbonyl (C=O) groups excluding carboxylic acids is 2. The number of aldehydes is 1. The Morgan fingerprint density at radius 2 is 1.42 bits per heavy atom. The Bertz CT molecular complexity index is 882. The monoisotopic (exact) mass is 455 g/mol. The summed E-state index contributed by atoms with van der Waals surface area (Å²) in [5, 5.41) is 0. The zero-order chi connectivity index (χ0) is 24.5. The zero-order valence-corrected chi connectivity index (χ0v) is 20.7. The van der Waals surface area contributed by atoms with Crippen LogP contribution in [0.2, 0.25) is 0 Å². The third-order valence-corrected chi connectivity index (χ3v) is 5.19. The van der Waals surface area contributed by atoms with E-state index < -0.39 is 11.1 Å². The lowest BCUT2D eigenvalue weighted by atomic mass is 10.0. The van der Waals surface area contributed by atoms with Crippen LogP contribution >= 0.6 is 0 Å². The molecule has 2 aromatic carbocycles. The number of benzene rings is 2. The van der Waals surface area contributed by atoms with E-state index in [1.54, 1.807) is 0 Å². The molecule has 0 radical (unpaired) electrons. The molecule has 0 aliphatic carbocycles. The van der Waals surface area contributed by atoms with E-state index in [-0.39, 0.29) is 12.6 Å². The number of rotatable bonds is 12. The number of hydrogen-bond donors (Lipinski definition) is 0. The molecule has 0 saturated heterocycles. The van der Waals surface area contributed by atoms with Gasteiger partial charge in [-0.1, -0.05) is 24.3 Å². The number of esters is 1. The van der Waals surface area contributed by atoms with E-state index in [9.17, 15) is 9.59 Å². The highest BCUT2D eigenvalue weighted by molar-refractivity contribution is 5.73. The average molecular weight is 456 g/mol. The molecule has 2 rings (SSSR count). The van der Waals surface area contributed by atoms with Crippen LogP contribution in [0.1, 0.15) is 47.5 Å². The molecule has 0 saturated carbocycles. The maximum Gasteiger partial charge on any atom is 0.332 e. The van der Waals surface area contributed by atoms with Crippen molar-refractivity contribution in [1.82, 2.24) is 0 Å². The van der Waals surface area contributed by atoms with Gasteiger partial charge in [-0.25, -0.2) is 4.79 Å². The normalized spacial score (nSPS) is 11.7. The molecule has 0 spiro atoms. The van der Waals surface area contributed by atoms with Crippen molar-refractivity contribution in [2.24, 2.45) is 0 Å². The summed E-state index contributed by atoms with van der Waals surface area (Å²) < 4.78 is 16.4. The first-order chi connectivity index (χ1) is 15.5. The van der Waals surface area contributed by atoms with E-state index in [0.29, 0.717) is 13.2 Å². The first-order valence-corrected chi connectivity index (χ1v) is 11.3. The third-order valence-electron chi connectivity index (χ3n) is 5.19. The van der Waals surface area contributed by atoms with Crippen LogP contribution in [-0.4, -0.2) is 50.3 Å². The van der Waals surface area contributed by atoms with Crippen LogP contribution in [0.4, 0.5) is 5.69 Å². The molecule has 0 bridgehead atoms. The second-order valence-corrected chi connectivity index (χ2v) is 9.60. The van der Waals surface area contributed by atoms with Gasteiger partial charge in [-0.3, -0.25) is 0 Å². The molecule has 6 heteroatoms. The Kier molecular flexibility index (Phi) is 9.47. The van der Waals surface area contributed by atoms with Crippen LogP contribution in [0.25, 0.3) is 11.1 Å². The Morgan fingerprint density at radius 1 is 0.879 bits per heavy atom. The van der Waals surface area contributed by atoms with Crippen molar-refractivity contribution in [1.29, 1.82) is 0 Å². The van der Waals surface area contributed by atoms with E-state index in [2.05, 4.69) is 12.1 Å². The van der Waals surface area contributed by atoms with Gasteiger partial charge in [-0.05, 0) is 82.9 Å². The maximum atomic E-state index is 11.6. The van der Waals surface area contributed by atoms with Gasteiger partial charge < -0.3 is 23.9 Å². The molecule has 0 N–H and O–H groups in total. The largest absolute Gasteiger partial charge is 0.494 e. The number of hydrogen-bond acceptors (Lipinski definition) is 6. The average Bonchev–Trinajstić information content (AvgIpc) is 2.77. The molecule has 33 heavy (non-hydrogen) atoms. The standard InChI is InChI=1S/C27H37NO5/c1-26(2,3)33-25(30)19-31-17-7-8-18-32-24-15-11-22(12-16-24)21-9-13-23(14-10-21)28(6)27(4,5)20-29/h9-16,20H,7-8,17-19H2,1-6H3. The summed E-state index contributed by atoms with van der Waals surface area (Å²) in [6.07, 6.45) is 2.60. The summed E-state index contributed by atoms with van der Waals surface area (Å²) >= 11 is 0. The number of likely N-dealkylation sites (N-methyl/N-ethyl adjacent to an activating group) is 1. The first kappa shape index (κ1) is 26.4. The molecule has 6 nitrogen and oxygen atoms in total. The maximum absolute atomic E-state index is 11.6. The zero-order valence-electron chi connectivity index (χ0n) is 20.7. The summed E-state index contributed by atoms with van der Waals surface area (Å²) in [4.78, 5) is 24.8. The highest BCUT2D eigenvalue weighted by Gasteiger charge is 2.22. The smallest absolute Gasteiger partial charge is 0.332 e. The van der Waals surface area contributed by atoms with Gasteiger partial charge in [0.1, 0.15) is 24.2 Å². The summed E-state index contributed by atoms with van der Waals surface area (Å²) in [5.41, 5.74) is 2.15. The van der Waals surface area contributed by atoms with E-state index in [0.717, 1.165) is 41.7 Å². The van der Waals surface area contributed by atoms with Gasteiger partial charge in [0, 0.05) is 19.3 Å². The van der Waals surface area contributed by atoms with Crippen molar-refractivity contribution in [2.75, 3.05) is 31.8 Å². The second-order valence-electron chi connectivity index (χ2n) is 9.60. The molecule has 2 aromatic rings. The SMILES string of the molecule is CN(c1ccc(-c2ccc(OCCCCOCC(=O)OC(C)(C)C)cc2)cc1)C(C)(C)C=O. The molecule has 0 aliphatic heterocycles. The lowest BCUT2D eigenvalue weighted by Crippen LogP contribution is -2.42. The summed E-state index contributed by atoms with van der Waals surface area (Å²) in [7, 11) is 1.92. The van der Waals surface area contributed by atoms with Crippen molar-refractivity contribution in [3.63, 3.8) is 0 Å². The van der Waals surface area contributed by atoms with Gasteiger partial charge >= 0.3 is 5.97 Å². The van der Waals surface area contributed by atoms with Crippen molar-refractivity contribution >= 4 is 17.9 Å². The minimum Gasteiger partial charge on any atom is -0.494 e. The second kappa shape index (κ2) is 11.8. The van der Waals surface area contributed by atoms with Crippen molar-refractivity contribution in [3.8, 4) is 16.9 Å². The summed E-state index contributed by atoms with van der Waals surface area (Å²) in [5.74, 6) is 0.475. The molecule has 0 fully saturated rings. The number of anilines is 1. The van der Waals surface area contributed by atoms with E-state index in [1.807, 2.05) is 83.0 Å². The van der Waals surface area contributed by atoms with Gasteiger partial charge in [0.25, 0.3) is 0 Å². The van der Waals surface area contributed by atoms with Crippen LogP contribution in [0.3, 0.4) is 0 Å². The third kappa shape index (κ3) is 8.89. The van der Waals surface area contributed by atoms with Crippen LogP contribution in [0, 0.1) is 0 Å². The van der Waals surface area contributed by atoms with E-state index in [4.69, 9.17) is 14.2 Å². The Hall–Kier alpha value is -2.86. The number of carbonyl (C=O) groups is 2. The van der Waals surface area contributed by atoms with Gasteiger partial charge in [0.2, 0.25) is 0 Å². The Labute approximate surface area is 197 Å². The summed E-state index contributed by atoms with van der Waals surface area (Å²) in [6, 6.07) is 16.2. The fourth-order valence-corrected chi connectivity index (χ4v) is 3.06. The van der Waals surface area contributed by atoms with Gasteiger partial charge in [-0.2, -0.15) is 0 Å². The molecule has 0 aromatic heterocycles. The quantitative estimate of drug-likeness (QED) is 0.246. The molecule has 180 valence electrons. The number of nitrogens with zero attached hydrogens (tertiary/aromatic N) is 1. The molecule has 0 aliphatic rings. The van der Waals surface area contributed by atoms with Gasteiger partial charge in [0.05, 0.1) is 12.1 Å². The molecule has 0 atom stereocenters. The van der Waals surface area contributed by atoms with Crippen LogP contribution in [0.5, 0.6) is 5.75 Å². The lowest BCUT2D eigenvalue weighted by Gasteiger charge is -2.32. The highest BCUT2D eigenvalue weighted by Crippen LogP contribution is 2.27. The van der Waals surface area contributed by atoms with E-state index in [1.165, 1.54) is 0 Å². The van der Waals surface area contributed by atoms with E-state index >= 15 is 0 Å². The van der Waals surface area contributed by atoms with Crippen LogP contribution < -0.4 is 9.64 Å². The fourth-order valence-electron chi connectivity index (χ4n) is 3.06. The minimum absolute atomic E-state index is 0.0221. The number of ether oxygens (including phenoxy) is 3. The molecule has 0 heterocycles. The van der Waals surface area contributed by atoms with Crippen molar-refractivity contribution in [3.05, 3.63) is 48.5 Å². The van der Waals surface area contributed by atoms with Gasteiger partial charge in [0.15, 0.2) is 0 Å². The number of unbranched alkanes of at least 4 members (excludes halogenated alkanes) is 1. The molecular weight excluding hydrogens is 418 g/mol. The van der Waals surface area contributed by atoms with Crippen molar-refractivity contribution in [2.45, 2.75) is 58.6 Å².